The second kappa shape index (κ2) is 8.58. The SMILES string of the molecule is COc1ccc(-c2csc(CN=C(N)NCCC(C)C)c2)cc1. The van der Waals surface area contributed by atoms with Gasteiger partial charge in [0.15, 0.2) is 5.96 Å². The van der Waals surface area contributed by atoms with Crippen LogP contribution in [0.25, 0.3) is 11.1 Å². The van der Waals surface area contributed by atoms with Gasteiger partial charge < -0.3 is 15.8 Å². The van der Waals surface area contributed by atoms with Crippen molar-refractivity contribution >= 4 is 17.3 Å². The molecule has 0 spiro atoms. The average Bonchev–Trinajstić information content (AvgIpc) is 3.01. The second-order valence-electron chi connectivity index (χ2n) is 5.84. The lowest BCUT2D eigenvalue weighted by Gasteiger charge is -2.07. The van der Waals surface area contributed by atoms with Crippen LogP contribution in [0.2, 0.25) is 0 Å². The van der Waals surface area contributed by atoms with Crippen LogP contribution in [-0.2, 0) is 6.54 Å². The highest BCUT2D eigenvalue weighted by Gasteiger charge is 2.03. The molecule has 124 valence electrons. The van der Waals surface area contributed by atoms with Gasteiger partial charge in [-0.05, 0) is 47.0 Å². The summed E-state index contributed by atoms with van der Waals surface area (Å²) >= 11 is 1.70. The predicted octanol–water partition coefficient (Wildman–Crippen LogP) is 3.87. The zero-order chi connectivity index (χ0) is 16.7. The van der Waals surface area contributed by atoms with E-state index >= 15 is 0 Å². The summed E-state index contributed by atoms with van der Waals surface area (Å²) in [5, 5.41) is 5.30. The number of nitrogens with one attached hydrogen (secondary N) is 1. The molecule has 1 aromatic carbocycles. The Balaban J connectivity index is 1.91. The second-order valence-corrected chi connectivity index (χ2v) is 6.84. The van der Waals surface area contributed by atoms with E-state index in [4.69, 9.17) is 10.5 Å². The molecule has 1 heterocycles. The number of rotatable bonds is 7. The summed E-state index contributed by atoms with van der Waals surface area (Å²) in [5.74, 6) is 2.05. The Labute approximate surface area is 142 Å². The number of methoxy groups -OCH3 is 1. The third-order valence-corrected chi connectivity index (χ3v) is 4.43. The highest BCUT2D eigenvalue weighted by atomic mass is 32.1. The van der Waals surface area contributed by atoms with E-state index in [0.29, 0.717) is 18.4 Å². The minimum atomic E-state index is 0.519. The van der Waals surface area contributed by atoms with Crippen LogP contribution in [-0.4, -0.2) is 19.6 Å². The Hall–Kier alpha value is -2.01. The van der Waals surface area contributed by atoms with Crippen molar-refractivity contribution in [1.82, 2.24) is 5.32 Å². The molecule has 0 aliphatic heterocycles. The van der Waals surface area contributed by atoms with Crippen molar-refractivity contribution in [2.24, 2.45) is 16.6 Å². The molecule has 3 N–H and O–H groups in total. The van der Waals surface area contributed by atoms with Crippen molar-refractivity contribution < 1.29 is 4.74 Å². The van der Waals surface area contributed by atoms with E-state index in [1.165, 1.54) is 16.0 Å². The molecule has 4 nitrogen and oxygen atoms in total. The van der Waals surface area contributed by atoms with Gasteiger partial charge in [0, 0.05) is 11.4 Å². The summed E-state index contributed by atoms with van der Waals surface area (Å²) in [4.78, 5) is 5.60. The Kier molecular flexibility index (Phi) is 6.47. The lowest BCUT2D eigenvalue weighted by molar-refractivity contribution is 0.415. The van der Waals surface area contributed by atoms with Crippen molar-refractivity contribution in [3.63, 3.8) is 0 Å². The largest absolute Gasteiger partial charge is 0.497 e. The predicted molar refractivity (Wildman–Crippen MR) is 99.1 cm³/mol. The molecule has 5 heteroatoms. The fourth-order valence-electron chi connectivity index (χ4n) is 2.11. The minimum Gasteiger partial charge on any atom is -0.497 e. The van der Waals surface area contributed by atoms with Crippen molar-refractivity contribution in [1.29, 1.82) is 0 Å². The number of guanidine groups is 1. The third-order valence-electron chi connectivity index (χ3n) is 3.51. The fraction of sp³-hybridized carbons (Fsp3) is 0.389. The fourth-order valence-corrected chi connectivity index (χ4v) is 2.92. The standard InChI is InChI=1S/C18H25N3OS/c1-13(2)8-9-20-18(19)21-11-17-10-15(12-23-17)14-4-6-16(22-3)7-5-14/h4-7,10,12-13H,8-9,11H2,1-3H3,(H3,19,20,21). The molecule has 2 rings (SSSR count). The molecular weight excluding hydrogens is 306 g/mol. The van der Waals surface area contributed by atoms with E-state index in [0.717, 1.165) is 18.7 Å². The molecule has 2 aromatic rings. The Bertz CT molecular complexity index is 632. The van der Waals surface area contributed by atoms with Crippen LogP contribution in [0.15, 0.2) is 40.7 Å². The van der Waals surface area contributed by atoms with Gasteiger partial charge >= 0.3 is 0 Å². The number of aliphatic imine (C=N–C) groups is 1. The van der Waals surface area contributed by atoms with E-state index in [2.05, 4.69) is 47.7 Å². The molecule has 1 aromatic heterocycles. The number of ether oxygens (including phenoxy) is 1. The molecule has 0 aliphatic carbocycles. The molecule has 23 heavy (non-hydrogen) atoms. The van der Waals surface area contributed by atoms with Gasteiger partial charge in [0.25, 0.3) is 0 Å². The number of hydrogen-bond donors (Lipinski definition) is 2. The van der Waals surface area contributed by atoms with Crippen LogP contribution >= 0.6 is 11.3 Å². The van der Waals surface area contributed by atoms with Crippen molar-refractivity contribution in [3.05, 3.63) is 40.6 Å². The van der Waals surface area contributed by atoms with Gasteiger partial charge in [-0.1, -0.05) is 26.0 Å². The van der Waals surface area contributed by atoms with Gasteiger partial charge in [-0.3, -0.25) is 0 Å². The van der Waals surface area contributed by atoms with E-state index in [1.807, 2.05) is 12.1 Å². The summed E-state index contributed by atoms with van der Waals surface area (Å²) in [7, 11) is 1.68. The molecule has 0 saturated heterocycles. The summed E-state index contributed by atoms with van der Waals surface area (Å²) < 4.78 is 5.19. The smallest absolute Gasteiger partial charge is 0.188 e. The van der Waals surface area contributed by atoms with Gasteiger partial charge in [-0.15, -0.1) is 11.3 Å². The number of thiophene rings is 1. The van der Waals surface area contributed by atoms with Crippen molar-refractivity contribution in [2.75, 3.05) is 13.7 Å². The highest BCUT2D eigenvalue weighted by molar-refractivity contribution is 7.10. The molecule has 0 bridgehead atoms. The topological polar surface area (TPSA) is 59.6 Å². The summed E-state index contributed by atoms with van der Waals surface area (Å²) in [6.45, 7) is 5.87. The zero-order valence-corrected chi connectivity index (χ0v) is 14.8. The number of nitrogens with zero attached hydrogens (tertiary/aromatic N) is 1. The van der Waals surface area contributed by atoms with Gasteiger partial charge in [-0.25, -0.2) is 4.99 Å². The molecule has 0 atom stereocenters. The van der Waals surface area contributed by atoms with Crippen molar-refractivity contribution in [3.8, 4) is 16.9 Å². The van der Waals surface area contributed by atoms with Crippen LogP contribution < -0.4 is 15.8 Å². The first-order valence-corrected chi connectivity index (χ1v) is 8.72. The number of benzene rings is 1. The first-order chi connectivity index (χ1) is 11.1. The maximum atomic E-state index is 5.89. The molecule has 0 unspecified atom stereocenters. The molecular formula is C18H25N3OS. The van der Waals surface area contributed by atoms with Gasteiger partial charge in [-0.2, -0.15) is 0 Å². The zero-order valence-electron chi connectivity index (χ0n) is 14.0. The lowest BCUT2D eigenvalue weighted by atomic mass is 10.1. The molecule has 0 saturated carbocycles. The van der Waals surface area contributed by atoms with Gasteiger partial charge in [0.05, 0.1) is 13.7 Å². The quantitative estimate of drug-likeness (QED) is 0.598. The highest BCUT2D eigenvalue weighted by Crippen LogP contribution is 2.27. The third kappa shape index (κ3) is 5.60. The van der Waals surface area contributed by atoms with Crippen LogP contribution in [0.4, 0.5) is 0 Å². The molecule has 0 radical (unpaired) electrons. The summed E-state index contributed by atoms with van der Waals surface area (Å²) in [6.07, 6.45) is 1.09. The first-order valence-electron chi connectivity index (χ1n) is 7.84. The van der Waals surface area contributed by atoms with Gasteiger partial charge in [0.2, 0.25) is 0 Å². The molecule has 0 fully saturated rings. The monoisotopic (exact) mass is 331 g/mol. The summed E-state index contributed by atoms with van der Waals surface area (Å²) in [5.41, 5.74) is 8.27. The lowest BCUT2D eigenvalue weighted by Crippen LogP contribution is -2.32. The Morgan fingerprint density at radius 2 is 2.00 bits per heavy atom. The van der Waals surface area contributed by atoms with E-state index in [9.17, 15) is 0 Å². The van der Waals surface area contributed by atoms with Crippen LogP contribution in [0, 0.1) is 5.92 Å². The van der Waals surface area contributed by atoms with Crippen LogP contribution in [0.5, 0.6) is 5.75 Å². The van der Waals surface area contributed by atoms with Gasteiger partial charge in [0.1, 0.15) is 5.75 Å². The van der Waals surface area contributed by atoms with E-state index < -0.39 is 0 Å². The van der Waals surface area contributed by atoms with Crippen LogP contribution in [0.1, 0.15) is 25.1 Å². The Morgan fingerprint density at radius 1 is 1.26 bits per heavy atom. The minimum absolute atomic E-state index is 0.519. The van der Waals surface area contributed by atoms with Crippen LogP contribution in [0.3, 0.4) is 0 Å². The maximum absolute atomic E-state index is 5.89. The normalized spacial score (nSPS) is 11.7. The number of nitrogens with two attached hydrogens (primary N) is 1. The average molecular weight is 331 g/mol. The van der Waals surface area contributed by atoms with Crippen molar-refractivity contribution in [2.45, 2.75) is 26.8 Å². The molecule has 0 aliphatic rings. The maximum Gasteiger partial charge on any atom is 0.188 e. The molecule has 0 amide bonds. The van der Waals surface area contributed by atoms with E-state index in [-0.39, 0.29) is 0 Å². The summed E-state index contributed by atoms with van der Waals surface area (Å²) in [6, 6.07) is 10.2. The van der Waals surface area contributed by atoms with E-state index in [1.54, 1.807) is 18.4 Å². The first kappa shape index (κ1) is 17.3. The Morgan fingerprint density at radius 3 is 2.65 bits per heavy atom. The number of hydrogen-bond acceptors (Lipinski definition) is 3.